The molecular formula is C23H31N3O5. The van der Waals surface area contributed by atoms with Crippen molar-refractivity contribution >= 4 is 11.8 Å². The number of furan rings is 1. The van der Waals surface area contributed by atoms with E-state index in [0.29, 0.717) is 55.4 Å². The fourth-order valence-corrected chi connectivity index (χ4v) is 3.85. The highest BCUT2D eigenvalue weighted by Crippen LogP contribution is 2.24. The molecule has 1 aliphatic rings. The molecule has 3 heterocycles. The van der Waals surface area contributed by atoms with Crippen molar-refractivity contribution < 1.29 is 18.7 Å². The molecule has 0 bridgehead atoms. The Morgan fingerprint density at radius 2 is 2.00 bits per heavy atom. The van der Waals surface area contributed by atoms with Crippen LogP contribution in [0.4, 0.5) is 0 Å². The van der Waals surface area contributed by atoms with Gasteiger partial charge in [0.2, 0.25) is 5.91 Å². The number of amides is 2. The lowest BCUT2D eigenvalue weighted by Crippen LogP contribution is -2.34. The molecule has 0 aliphatic carbocycles. The second kappa shape index (κ2) is 9.85. The summed E-state index contributed by atoms with van der Waals surface area (Å²) in [5.41, 5.74) is 0.684. The summed E-state index contributed by atoms with van der Waals surface area (Å²) >= 11 is 0. The molecule has 1 atom stereocenters. The first-order valence-corrected chi connectivity index (χ1v) is 10.7. The molecule has 3 rings (SSSR count). The molecule has 0 fully saturated rings. The molecular weight excluding hydrogens is 398 g/mol. The van der Waals surface area contributed by atoms with Crippen LogP contribution in [0.25, 0.3) is 0 Å². The van der Waals surface area contributed by atoms with Gasteiger partial charge in [0.05, 0.1) is 19.4 Å². The van der Waals surface area contributed by atoms with E-state index in [0.717, 1.165) is 6.42 Å². The van der Waals surface area contributed by atoms with Gasteiger partial charge in [-0.25, -0.2) is 0 Å². The molecule has 1 unspecified atom stereocenters. The van der Waals surface area contributed by atoms with Gasteiger partial charge in [-0.1, -0.05) is 13.8 Å². The maximum Gasteiger partial charge on any atom is 0.257 e. The van der Waals surface area contributed by atoms with E-state index in [1.54, 1.807) is 27.9 Å². The van der Waals surface area contributed by atoms with Crippen LogP contribution >= 0.6 is 0 Å². The number of hydrogen-bond donors (Lipinski definition) is 1. The summed E-state index contributed by atoms with van der Waals surface area (Å²) in [6.07, 6.45) is 3.27. The third-order valence-electron chi connectivity index (χ3n) is 5.65. The summed E-state index contributed by atoms with van der Waals surface area (Å²) in [6.45, 7) is 7.25. The molecule has 0 saturated carbocycles. The van der Waals surface area contributed by atoms with E-state index in [4.69, 9.17) is 9.15 Å². The number of nitrogens with one attached hydrogen (secondary N) is 1. The molecule has 2 amide bonds. The van der Waals surface area contributed by atoms with Crippen molar-refractivity contribution in [2.24, 2.45) is 5.92 Å². The van der Waals surface area contributed by atoms with Crippen molar-refractivity contribution in [2.75, 3.05) is 20.2 Å². The molecule has 0 spiro atoms. The molecule has 0 aromatic carbocycles. The highest BCUT2D eigenvalue weighted by atomic mass is 16.5. The number of aromatic nitrogens is 1. The Bertz CT molecular complexity index is 978. The van der Waals surface area contributed by atoms with Crippen LogP contribution in [0.5, 0.6) is 5.75 Å². The van der Waals surface area contributed by atoms with Crippen LogP contribution in [-0.4, -0.2) is 41.5 Å². The number of hydrogen-bond acceptors (Lipinski definition) is 5. The highest BCUT2D eigenvalue weighted by molar-refractivity contribution is 5.98. The number of fused-ring (bicyclic) bond motifs is 1. The van der Waals surface area contributed by atoms with E-state index >= 15 is 0 Å². The van der Waals surface area contributed by atoms with Crippen LogP contribution in [-0.2, 0) is 17.8 Å². The van der Waals surface area contributed by atoms with Gasteiger partial charge in [-0.05, 0) is 31.4 Å². The minimum absolute atomic E-state index is 0.0824. The molecule has 0 saturated heterocycles. The number of nitrogens with zero attached hydrogens (tertiary/aromatic N) is 2. The van der Waals surface area contributed by atoms with Crippen molar-refractivity contribution in [3.63, 3.8) is 0 Å². The van der Waals surface area contributed by atoms with Crippen LogP contribution in [0.1, 0.15) is 61.5 Å². The van der Waals surface area contributed by atoms with Gasteiger partial charge in [-0.15, -0.1) is 0 Å². The van der Waals surface area contributed by atoms with Gasteiger partial charge < -0.3 is 23.9 Å². The largest absolute Gasteiger partial charge is 0.496 e. The van der Waals surface area contributed by atoms with E-state index in [1.165, 1.54) is 13.2 Å². The number of ether oxygens (including phenoxy) is 1. The smallest absolute Gasteiger partial charge is 0.257 e. The van der Waals surface area contributed by atoms with E-state index in [1.807, 2.05) is 6.92 Å². The zero-order chi connectivity index (χ0) is 22.5. The van der Waals surface area contributed by atoms with Gasteiger partial charge in [0, 0.05) is 44.2 Å². The van der Waals surface area contributed by atoms with E-state index in [-0.39, 0.29) is 29.2 Å². The highest BCUT2D eigenvalue weighted by Gasteiger charge is 2.27. The first kappa shape index (κ1) is 22.7. The average Bonchev–Trinajstić information content (AvgIpc) is 3.18. The monoisotopic (exact) mass is 429 g/mol. The lowest BCUT2D eigenvalue weighted by atomic mass is 10.1. The zero-order valence-electron chi connectivity index (χ0n) is 18.6. The number of carbonyl (C=O) groups is 2. The van der Waals surface area contributed by atoms with Crippen LogP contribution in [0, 0.1) is 5.92 Å². The summed E-state index contributed by atoms with van der Waals surface area (Å²) in [4.78, 5) is 40.3. The topological polar surface area (TPSA) is 93.8 Å². The first-order valence-electron chi connectivity index (χ1n) is 10.7. The maximum atomic E-state index is 13.2. The van der Waals surface area contributed by atoms with Crippen molar-refractivity contribution in [3.8, 4) is 5.75 Å². The third-order valence-corrected chi connectivity index (χ3v) is 5.65. The van der Waals surface area contributed by atoms with Crippen LogP contribution in [0.15, 0.2) is 33.7 Å². The number of pyridine rings is 1. The molecule has 168 valence electrons. The fourth-order valence-electron chi connectivity index (χ4n) is 3.85. The summed E-state index contributed by atoms with van der Waals surface area (Å²) < 4.78 is 12.4. The Morgan fingerprint density at radius 3 is 2.65 bits per heavy atom. The lowest BCUT2D eigenvalue weighted by Gasteiger charge is -2.20. The van der Waals surface area contributed by atoms with Crippen molar-refractivity contribution in [1.82, 2.24) is 14.8 Å². The van der Waals surface area contributed by atoms with E-state index < -0.39 is 0 Å². The molecule has 1 N–H and O–H groups in total. The second-order valence-electron chi connectivity index (χ2n) is 8.30. The molecule has 8 nitrogen and oxygen atoms in total. The summed E-state index contributed by atoms with van der Waals surface area (Å²) in [7, 11) is 1.44. The van der Waals surface area contributed by atoms with Crippen LogP contribution in [0.2, 0.25) is 0 Å². The second-order valence-corrected chi connectivity index (χ2v) is 8.30. The van der Waals surface area contributed by atoms with Gasteiger partial charge in [0.25, 0.3) is 11.5 Å². The van der Waals surface area contributed by atoms with Gasteiger partial charge >= 0.3 is 0 Å². The fraction of sp³-hybridized carbons (Fsp3) is 0.522. The summed E-state index contributed by atoms with van der Waals surface area (Å²) in [5.74, 6) is 1.06. The van der Waals surface area contributed by atoms with Crippen molar-refractivity contribution in [1.29, 1.82) is 0 Å². The minimum atomic E-state index is -0.348. The zero-order valence-corrected chi connectivity index (χ0v) is 18.6. The van der Waals surface area contributed by atoms with E-state index in [9.17, 15) is 14.4 Å². The first-order chi connectivity index (χ1) is 14.8. The maximum absolute atomic E-state index is 13.2. The summed E-state index contributed by atoms with van der Waals surface area (Å²) in [6, 6.07) is 4.54. The SMILES string of the molecule is COc1cc(=O)n2c(c1C(=O)NC(C)c1ccco1)CCN(C(=O)CCC(C)C)CC2. The normalized spacial score (nSPS) is 14.7. The van der Waals surface area contributed by atoms with E-state index in [2.05, 4.69) is 19.2 Å². The quantitative estimate of drug-likeness (QED) is 0.730. The predicted molar refractivity (Wildman–Crippen MR) is 116 cm³/mol. The average molecular weight is 430 g/mol. The van der Waals surface area contributed by atoms with Crippen molar-refractivity contribution in [2.45, 2.75) is 52.6 Å². The Balaban J connectivity index is 1.87. The number of carbonyl (C=O) groups excluding carboxylic acids is 2. The lowest BCUT2D eigenvalue weighted by molar-refractivity contribution is -0.131. The molecule has 2 aromatic heterocycles. The minimum Gasteiger partial charge on any atom is -0.496 e. The van der Waals surface area contributed by atoms with Gasteiger partial charge in [0.1, 0.15) is 17.1 Å². The van der Waals surface area contributed by atoms with Crippen molar-refractivity contribution in [3.05, 3.63) is 51.8 Å². The van der Waals surface area contributed by atoms with Gasteiger partial charge in [0.15, 0.2) is 0 Å². The van der Waals surface area contributed by atoms with Crippen LogP contribution in [0.3, 0.4) is 0 Å². The Labute approximate surface area is 182 Å². The van der Waals surface area contributed by atoms with Crippen LogP contribution < -0.4 is 15.6 Å². The predicted octanol–water partition coefficient (Wildman–Crippen LogP) is 2.76. The standard InChI is InChI=1S/C23H31N3O5/c1-15(2)7-8-20(27)25-10-9-17-22(19(30-4)14-21(28)26(17)12-11-25)23(29)24-16(3)18-6-5-13-31-18/h5-6,13-16H,7-12H2,1-4H3,(H,24,29). The number of rotatable bonds is 7. The molecule has 1 aliphatic heterocycles. The molecule has 0 radical (unpaired) electrons. The summed E-state index contributed by atoms with van der Waals surface area (Å²) in [5, 5.41) is 2.92. The Morgan fingerprint density at radius 1 is 1.23 bits per heavy atom. The molecule has 8 heteroatoms. The third kappa shape index (κ3) is 5.18. The number of methoxy groups -OCH3 is 1. The van der Waals surface area contributed by atoms with Gasteiger partial charge in [-0.2, -0.15) is 0 Å². The van der Waals surface area contributed by atoms with Gasteiger partial charge in [-0.3, -0.25) is 14.4 Å². The molecule has 2 aromatic rings. The molecule has 31 heavy (non-hydrogen) atoms. The Kier molecular flexibility index (Phi) is 7.20. The Hall–Kier alpha value is -3.03.